The van der Waals surface area contributed by atoms with Crippen molar-refractivity contribution in [1.29, 1.82) is 0 Å². The molecule has 1 aromatic carbocycles. The van der Waals surface area contributed by atoms with Crippen LogP contribution in [0.5, 0.6) is 0 Å². The van der Waals surface area contributed by atoms with E-state index >= 15 is 0 Å². The number of ether oxygens (including phenoxy) is 1. The van der Waals surface area contributed by atoms with Gasteiger partial charge in [0.25, 0.3) is 0 Å². The van der Waals surface area contributed by atoms with Crippen LogP contribution in [0.4, 0.5) is 16.6 Å². The average molecular weight is 509 g/mol. The van der Waals surface area contributed by atoms with Crippen LogP contribution in [-0.4, -0.2) is 59.5 Å². The van der Waals surface area contributed by atoms with Crippen molar-refractivity contribution in [3.63, 3.8) is 0 Å². The molecule has 10 heteroatoms. The molecule has 3 aromatic rings. The lowest BCUT2D eigenvalue weighted by Crippen LogP contribution is -2.46. The summed E-state index contributed by atoms with van der Waals surface area (Å²) in [5.74, 6) is -0.444. The van der Waals surface area contributed by atoms with Gasteiger partial charge in [0.1, 0.15) is 5.82 Å². The first-order valence-corrected chi connectivity index (χ1v) is 13.3. The van der Waals surface area contributed by atoms with Gasteiger partial charge in [-0.3, -0.25) is 9.59 Å². The highest BCUT2D eigenvalue weighted by Crippen LogP contribution is 2.37. The van der Waals surface area contributed by atoms with Crippen molar-refractivity contribution in [3.05, 3.63) is 41.6 Å². The Morgan fingerprint density at radius 1 is 1.22 bits per heavy atom. The molecule has 0 bridgehead atoms. The summed E-state index contributed by atoms with van der Waals surface area (Å²) >= 11 is 1.68. The summed E-state index contributed by atoms with van der Waals surface area (Å²) < 4.78 is 6.58. The van der Waals surface area contributed by atoms with E-state index in [0.29, 0.717) is 43.6 Å². The summed E-state index contributed by atoms with van der Waals surface area (Å²) in [6, 6.07) is 7.82. The Labute approximate surface area is 214 Å². The molecule has 2 saturated heterocycles. The summed E-state index contributed by atoms with van der Waals surface area (Å²) in [5, 5.41) is 3.72. The fraction of sp³-hybridized carbons (Fsp3) is 0.462. The number of pyridine rings is 1. The molecule has 3 N–H and O–H groups in total. The van der Waals surface area contributed by atoms with Crippen LogP contribution in [0, 0.1) is 5.92 Å². The highest BCUT2D eigenvalue weighted by atomic mass is 32.1. The smallest absolute Gasteiger partial charge is 0.313 e. The molecule has 9 nitrogen and oxygen atoms in total. The van der Waals surface area contributed by atoms with Crippen LogP contribution in [0.3, 0.4) is 0 Å². The van der Waals surface area contributed by atoms with Gasteiger partial charge in [0.05, 0.1) is 41.4 Å². The Bertz CT molecular complexity index is 1270. The van der Waals surface area contributed by atoms with Gasteiger partial charge in [-0.05, 0) is 54.5 Å². The minimum atomic E-state index is -0.660. The van der Waals surface area contributed by atoms with Crippen molar-refractivity contribution in [1.82, 2.24) is 14.9 Å². The van der Waals surface area contributed by atoms with Crippen molar-refractivity contribution < 1.29 is 14.3 Å². The number of thiazole rings is 1. The van der Waals surface area contributed by atoms with Crippen LogP contribution in [0.25, 0.3) is 10.2 Å². The molecule has 36 heavy (non-hydrogen) atoms. The van der Waals surface area contributed by atoms with Crippen molar-refractivity contribution >= 4 is 50.0 Å². The average Bonchev–Trinajstić information content (AvgIpc) is 3.33. The number of morpholine rings is 1. The van der Waals surface area contributed by atoms with Gasteiger partial charge >= 0.3 is 11.8 Å². The van der Waals surface area contributed by atoms with Gasteiger partial charge < -0.3 is 25.6 Å². The van der Waals surface area contributed by atoms with E-state index in [9.17, 15) is 9.59 Å². The molecule has 4 heterocycles. The third-order valence-corrected chi connectivity index (χ3v) is 8.08. The maximum absolute atomic E-state index is 13.4. The van der Waals surface area contributed by atoms with Gasteiger partial charge in [0.2, 0.25) is 0 Å². The Kier molecular flexibility index (Phi) is 7.06. The molecular weight excluding hydrogens is 476 g/mol. The highest BCUT2D eigenvalue weighted by Gasteiger charge is 2.34. The number of nitrogens with two attached hydrogens (primary N) is 1. The molecule has 190 valence electrons. The second-order valence-electron chi connectivity index (χ2n) is 9.55. The number of carbonyl (C=O) groups is 2. The number of aromatic nitrogens is 2. The molecule has 2 aliphatic heterocycles. The molecule has 0 radical (unpaired) electrons. The lowest BCUT2D eigenvalue weighted by Gasteiger charge is -2.38. The van der Waals surface area contributed by atoms with Gasteiger partial charge in [-0.25, -0.2) is 9.97 Å². The number of hydrogen-bond acceptors (Lipinski definition) is 8. The van der Waals surface area contributed by atoms with E-state index in [4.69, 9.17) is 15.5 Å². The zero-order chi connectivity index (χ0) is 25.2. The topological polar surface area (TPSA) is 114 Å². The number of hydrogen-bond donors (Lipinski definition) is 2. The molecule has 2 atom stereocenters. The first-order chi connectivity index (χ1) is 17.4. The lowest BCUT2D eigenvalue weighted by molar-refractivity contribution is -0.146. The van der Waals surface area contributed by atoms with Crippen LogP contribution in [0.15, 0.2) is 30.5 Å². The number of aryl methyl sites for hydroxylation is 1. The summed E-state index contributed by atoms with van der Waals surface area (Å²) in [4.78, 5) is 39.3. The number of benzene rings is 1. The standard InChI is InChI=1S/C26H32N6O3S/c1-3-17-12-19(14-28-23(17)27)29-24(33)25(34)32-15-16(2)4-6-21(32)18-5-7-22-20(13-18)30-26(36-22)31-8-10-35-11-9-31/h5,7,12-14,16,21H,3-4,6,8-11,15H2,1-2H3,(H2,27,28)(H,29,33)/t16-,21+/m0/s1. The number of nitrogen functional groups attached to an aromatic ring is 1. The largest absolute Gasteiger partial charge is 0.383 e. The number of piperidine rings is 1. The van der Waals surface area contributed by atoms with Crippen molar-refractivity contribution in [2.75, 3.05) is 48.8 Å². The number of carbonyl (C=O) groups excluding carboxylic acids is 2. The van der Waals surface area contributed by atoms with Crippen LogP contribution < -0.4 is 16.0 Å². The Morgan fingerprint density at radius 2 is 2.03 bits per heavy atom. The second-order valence-corrected chi connectivity index (χ2v) is 10.6. The minimum absolute atomic E-state index is 0.173. The Balaban J connectivity index is 1.37. The third kappa shape index (κ3) is 5.01. The van der Waals surface area contributed by atoms with Gasteiger partial charge in [-0.1, -0.05) is 31.3 Å². The van der Waals surface area contributed by atoms with E-state index in [1.54, 1.807) is 22.3 Å². The number of anilines is 3. The maximum atomic E-state index is 13.4. The fourth-order valence-corrected chi connectivity index (χ4v) is 5.94. The highest BCUT2D eigenvalue weighted by molar-refractivity contribution is 7.22. The zero-order valence-corrected chi connectivity index (χ0v) is 21.5. The zero-order valence-electron chi connectivity index (χ0n) is 20.7. The molecule has 2 aromatic heterocycles. The van der Waals surface area contributed by atoms with E-state index in [0.717, 1.165) is 52.4 Å². The van der Waals surface area contributed by atoms with Crippen molar-refractivity contribution in [2.45, 2.75) is 39.2 Å². The first kappa shape index (κ1) is 24.5. The number of amides is 2. The molecule has 0 spiro atoms. The van der Waals surface area contributed by atoms with Gasteiger partial charge in [-0.2, -0.15) is 0 Å². The van der Waals surface area contributed by atoms with Crippen molar-refractivity contribution in [3.8, 4) is 0 Å². The Hall–Kier alpha value is -3.24. The normalized spacial score (nSPS) is 20.5. The van der Waals surface area contributed by atoms with Crippen LogP contribution >= 0.6 is 11.3 Å². The fourth-order valence-electron chi connectivity index (χ4n) is 4.94. The number of likely N-dealkylation sites (tertiary alicyclic amines) is 1. The number of fused-ring (bicyclic) bond motifs is 1. The third-order valence-electron chi connectivity index (χ3n) is 6.98. The summed E-state index contributed by atoms with van der Waals surface area (Å²) in [6.07, 6.45) is 3.97. The predicted octanol–water partition coefficient (Wildman–Crippen LogP) is 3.61. The maximum Gasteiger partial charge on any atom is 0.313 e. The predicted molar refractivity (Wildman–Crippen MR) is 142 cm³/mol. The van der Waals surface area contributed by atoms with Crippen LogP contribution in [0.1, 0.15) is 43.9 Å². The van der Waals surface area contributed by atoms with Crippen molar-refractivity contribution in [2.24, 2.45) is 5.92 Å². The molecule has 0 aliphatic carbocycles. The monoisotopic (exact) mass is 508 g/mol. The number of nitrogens with zero attached hydrogens (tertiary/aromatic N) is 4. The van der Waals surface area contributed by atoms with E-state index < -0.39 is 11.8 Å². The molecule has 0 unspecified atom stereocenters. The van der Waals surface area contributed by atoms with E-state index in [2.05, 4.69) is 40.3 Å². The SMILES string of the molecule is CCc1cc(NC(=O)C(=O)N2C[C@@H](C)CC[C@@H]2c2ccc3sc(N4CCOCC4)nc3c2)cnc1N. The molecule has 2 aliphatic rings. The summed E-state index contributed by atoms with van der Waals surface area (Å²) in [7, 11) is 0. The second kappa shape index (κ2) is 10.4. The summed E-state index contributed by atoms with van der Waals surface area (Å²) in [6.45, 7) is 7.73. The van der Waals surface area contributed by atoms with Crippen LogP contribution in [0.2, 0.25) is 0 Å². The lowest BCUT2D eigenvalue weighted by atomic mass is 9.89. The molecular formula is C26H32N6O3S. The number of nitrogens with one attached hydrogen (secondary N) is 1. The summed E-state index contributed by atoms with van der Waals surface area (Å²) in [5.41, 5.74) is 9.12. The van der Waals surface area contributed by atoms with E-state index in [1.165, 1.54) is 6.20 Å². The quantitative estimate of drug-likeness (QED) is 0.518. The molecule has 2 fully saturated rings. The minimum Gasteiger partial charge on any atom is -0.383 e. The van der Waals surface area contributed by atoms with E-state index in [-0.39, 0.29) is 6.04 Å². The Morgan fingerprint density at radius 3 is 2.81 bits per heavy atom. The van der Waals surface area contributed by atoms with E-state index in [1.807, 2.05) is 6.92 Å². The molecule has 2 amide bonds. The molecule has 5 rings (SSSR count). The first-order valence-electron chi connectivity index (χ1n) is 12.5. The van der Waals surface area contributed by atoms with Crippen LogP contribution in [-0.2, 0) is 20.7 Å². The van der Waals surface area contributed by atoms with Gasteiger partial charge in [-0.15, -0.1) is 0 Å². The van der Waals surface area contributed by atoms with Gasteiger partial charge in [0.15, 0.2) is 5.13 Å². The number of rotatable bonds is 4. The van der Waals surface area contributed by atoms with Gasteiger partial charge in [0, 0.05) is 19.6 Å². The molecule has 0 saturated carbocycles.